The van der Waals surface area contributed by atoms with Gasteiger partial charge >= 0.3 is 0 Å². The molecule has 2 aromatic rings. The predicted octanol–water partition coefficient (Wildman–Crippen LogP) is 3.85. The monoisotopic (exact) mass is 542 g/mol. The highest BCUT2D eigenvalue weighted by Crippen LogP contribution is 2.36. The molecule has 0 aliphatic carbocycles. The quantitative estimate of drug-likeness (QED) is 0.250. The van der Waals surface area contributed by atoms with Crippen LogP contribution in [0.2, 0.25) is 0 Å². The van der Waals surface area contributed by atoms with Gasteiger partial charge in [-0.25, -0.2) is 5.43 Å². The number of hydrogen-bond donors (Lipinski definition) is 1. The van der Waals surface area contributed by atoms with Gasteiger partial charge in [0.15, 0.2) is 11.5 Å². The SMILES string of the molecule is C#CCOc1c(Br)cc(/C=N\NC(=O)c2ccc(I)c(OC)c2)cc1OC. The van der Waals surface area contributed by atoms with E-state index in [2.05, 4.69) is 55.0 Å². The van der Waals surface area contributed by atoms with Gasteiger partial charge in [-0.1, -0.05) is 5.92 Å². The third kappa shape index (κ3) is 5.61. The summed E-state index contributed by atoms with van der Waals surface area (Å²) in [5.41, 5.74) is 3.63. The number of methoxy groups -OCH3 is 2. The van der Waals surface area contributed by atoms with E-state index in [1.54, 1.807) is 37.4 Å². The van der Waals surface area contributed by atoms with Crippen molar-refractivity contribution in [1.82, 2.24) is 5.43 Å². The second-order valence-corrected chi connectivity index (χ2v) is 7.09. The Morgan fingerprint density at radius 2 is 2.04 bits per heavy atom. The average molecular weight is 543 g/mol. The fourth-order valence-electron chi connectivity index (χ4n) is 2.10. The van der Waals surface area contributed by atoms with E-state index in [1.807, 2.05) is 0 Å². The number of ether oxygens (including phenoxy) is 3. The van der Waals surface area contributed by atoms with Gasteiger partial charge in [-0.3, -0.25) is 4.79 Å². The summed E-state index contributed by atoms with van der Waals surface area (Å²) in [5, 5.41) is 3.99. The maximum atomic E-state index is 12.2. The predicted molar refractivity (Wildman–Crippen MR) is 116 cm³/mol. The first kappa shape index (κ1) is 21.1. The molecular formula is C19H16BrIN2O4. The van der Waals surface area contributed by atoms with Crippen LogP contribution in [0.3, 0.4) is 0 Å². The van der Waals surface area contributed by atoms with Crippen LogP contribution in [0.25, 0.3) is 0 Å². The maximum absolute atomic E-state index is 12.2. The number of hydrazone groups is 1. The summed E-state index contributed by atoms with van der Waals surface area (Å²) >= 11 is 5.55. The lowest BCUT2D eigenvalue weighted by Gasteiger charge is -2.11. The highest BCUT2D eigenvalue weighted by atomic mass is 127. The number of rotatable bonds is 7. The molecular weight excluding hydrogens is 527 g/mol. The van der Waals surface area contributed by atoms with E-state index >= 15 is 0 Å². The molecule has 0 radical (unpaired) electrons. The molecule has 0 bridgehead atoms. The van der Waals surface area contributed by atoms with Crippen LogP contribution in [0, 0.1) is 15.9 Å². The van der Waals surface area contributed by atoms with Crippen LogP contribution >= 0.6 is 38.5 Å². The van der Waals surface area contributed by atoms with E-state index in [9.17, 15) is 4.79 Å². The normalized spacial score (nSPS) is 10.3. The minimum atomic E-state index is -0.346. The van der Waals surface area contributed by atoms with Crippen molar-refractivity contribution in [3.05, 3.63) is 49.5 Å². The smallest absolute Gasteiger partial charge is 0.271 e. The molecule has 0 aliphatic rings. The van der Waals surface area contributed by atoms with Crippen molar-refractivity contribution in [1.29, 1.82) is 0 Å². The minimum Gasteiger partial charge on any atom is -0.496 e. The van der Waals surface area contributed by atoms with E-state index in [-0.39, 0.29) is 12.5 Å². The second kappa shape index (κ2) is 10.2. The molecule has 27 heavy (non-hydrogen) atoms. The summed E-state index contributed by atoms with van der Waals surface area (Å²) in [6, 6.07) is 8.66. The molecule has 140 valence electrons. The lowest BCUT2D eigenvalue weighted by Crippen LogP contribution is -2.17. The minimum absolute atomic E-state index is 0.123. The summed E-state index contributed by atoms with van der Waals surface area (Å²) in [7, 11) is 3.08. The molecule has 8 heteroatoms. The molecule has 0 saturated heterocycles. The number of nitrogens with zero attached hydrogens (tertiary/aromatic N) is 1. The Balaban J connectivity index is 2.13. The first-order valence-corrected chi connectivity index (χ1v) is 9.48. The molecule has 0 unspecified atom stereocenters. The third-order valence-corrected chi connectivity index (χ3v) is 4.82. The van der Waals surface area contributed by atoms with Crippen molar-refractivity contribution in [2.24, 2.45) is 5.10 Å². The zero-order valence-corrected chi connectivity index (χ0v) is 18.3. The fourth-order valence-corrected chi connectivity index (χ4v) is 3.23. The van der Waals surface area contributed by atoms with Crippen molar-refractivity contribution < 1.29 is 19.0 Å². The van der Waals surface area contributed by atoms with E-state index in [0.29, 0.717) is 32.8 Å². The molecule has 1 amide bonds. The van der Waals surface area contributed by atoms with Crippen molar-refractivity contribution >= 4 is 50.6 Å². The summed E-state index contributed by atoms with van der Waals surface area (Å²) < 4.78 is 17.6. The molecule has 0 fully saturated rings. The average Bonchev–Trinajstić information content (AvgIpc) is 2.67. The van der Waals surface area contributed by atoms with Crippen LogP contribution in [0.1, 0.15) is 15.9 Å². The van der Waals surface area contributed by atoms with Gasteiger partial charge in [-0.15, -0.1) is 6.42 Å². The zero-order valence-electron chi connectivity index (χ0n) is 14.6. The summed E-state index contributed by atoms with van der Waals surface area (Å²) in [6.07, 6.45) is 6.72. The van der Waals surface area contributed by atoms with Crippen LogP contribution in [0.4, 0.5) is 0 Å². The first-order chi connectivity index (χ1) is 13.0. The lowest BCUT2D eigenvalue weighted by molar-refractivity contribution is 0.0954. The first-order valence-electron chi connectivity index (χ1n) is 7.61. The highest BCUT2D eigenvalue weighted by molar-refractivity contribution is 14.1. The van der Waals surface area contributed by atoms with Crippen LogP contribution in [-0.4, -0.2) is 32.9 Å². The number of hydrogen-bond acceptors (Lipinski definition) is 5. The van der Waals surface area contributed by atoms with Crippen molar-refractivity contribution in [2.45, 2.75) is 0 Å². The van der Waals surface area contributed by atoms with Gasteiger partial charge < -0.3 is 14.2 Å². The molecule has 0 saturated carbocycles. The van der Waals surface area contributed by atoms with E-state index in [0.717, 1.165) is 3.57 Å². The molecule has 2 rings (SSSR count). The van der Waals surface area contributed by atoms with Gasteiger partial charge in [-0.2, -0.15) is 5.10 Å². The van der Waals surface area contributed by atoms with Gasteiger partial charge in [-0.05, 0) is 74.4 Å². The van der Waals surface area contributed by atoms with Gasteiger partial charge in [0, 0.05) is 5.56 Å². The van der Waals surface area contributed by atoms with Crippen LogP contribution in [-0.2, 0) is 0 Å². The standard InChI is InChI=1S/C19H16BrIN2O4/c1-4-7-27-18-14(20)8-12(9-17(18)26-3)11-22-23-19(24)13-5-6-15(21)16(10-13)25-2/h1,5-6,8-11H,7H2,2-3H3,(H,23,24)/b22-11-. The Labute approximate surface area is 179 Å². The second-order valence-electron chi connectivity index (χ2n) is 5.08. The number of amides is 1. The number of carbonyl (C=O) groups excluding carboxylic acids is 1. The molecule has 0 heterocycles. The van der Waals surface area contributed by atoms with Gasteiger partial charge in [0.05, 0.1) is 28.5 Å². The number of nitrogens with one attached hydrogen (secondary N) is 1. The molecule has 6 nitrogen and oxygen atoms in total. The third-order valence-electron chi connectivity index (χ3n) is 3.34. The van der Waals surface area contributed by atoms with Gasteiger partial charge in [0.25, 0.3) is 5.91 Å². The van der Waals surface area contributed by atoms with Crippen molar-refractivity contribution in [2.75, 3.05) is 20.8 Å². The summed E-state index contributed by atoms with van der Waals surface area (Å²) in [5.74, 6) is 3.68. The number of carbonyl (C=O) groups is 1. The zero-order chi connectivity index (χ0) is 19.8. The Morgan fingerprint density at radius 1 is 1.30 bits per heavy atom. The highest BCUT2D eigenvalue weighted by Gasteiger charge is 2.11. The topological polar surface area (TPSA) is 69.2 Å². The Kier molecular flexibility index (Phi) is 7.94. The van der Waals surface area contributed by atoms with E-state index < -0.39 is 0 Å². The van der Waals surface area contributed by atoms with Crippen LogP contribution < -0.4 is 19.6 Å². The lowest BCUT2D eigenvalue weighted by atomic mass is 10.2. The largest absolute Gasteiger partial charge is 0.496 e. The van der Waals surface area contributed by atoms with Gasteiger partial charge in [0.1, 0.15) is 12.4 Å². The van der Waals surface area contributed by atoms with Crippen molar-refractivity contribution in [3.63, 3.8) is 0 Å². The fraction of sp³-hybridized carbons (Fsp3) is 0.158. The molecule has 0 aromatic heterocycles. The summed E-state index contributed by atoms with van der Waals surface area (Å²) in [4.78, 5) is 12.2. The molecule has 0 spiro atoms. The molecule has 0 atom stereocenters. The number of halogens is 2. The Hall–Kier alpha value is -2.25. The van der Waals surface area contributed by atoms with Gasteiger partial charge in [0.2, 0.25) is 0 Å². The maximum Gasteiger partial charge on any atom is 0.271 e. The van der Waals surface area contributed by atoms with E-state index in [4.69, 9.17) is 20.6 Å². The Bertz CT molecular complexity index is 909. The van der Waals surface area contributed by atoms with Crippen LogP contribution in [0.15, 0.2) is 39.9 Å². The van der Waals surface area contributed by atoms with E-state index in [1.165, 1.54) is 13.3 Å². The molecule has 0 aliphatic heterocycles. The number of terminal acetylenes is 1. The molecule has 2 aromatic carbocycles. The number of benzene rings is 2. The van der Waals surface area contributed by atoms with Crippen LogP contribution in [0.5, 0.6) is 17.2 Å². The Morgan fingerprint density at radius 3 is 2.70 bits per heavy atom. The summed E-state index contributed by atoms with van der Waals surface area (Å²) in [6.45, 7) is 0.123. The molecule has 1 N–H and O–H groups in total. The van der Waals surface area contributed by atoms with Crippen molar-refractivity contribution in [3.8, 4) is 29.6 Å².